The number of carbonyl (C=O) groups is 1. The SMILES string of the molecule is CCN1CC(c2ccc(SC)cc2)NC1=O. The van der Waals surface area contributed by atoms with Gasteiger partial charge in [0.1, 0.15) is 0 Å². The fraction of sp³-hybridized carbons (Fsp3) is 0.417. The van der Waals surface area contributed by atoms with Crippen molar-refractivity contribution in [2.24, 2.45) is 0 Å². The maximum atomic E-state index is 11.5. The van der Waals surface area contributed by atoms with Crippen molar-refractivity contribution in [3.05, 3.63) is 29.8 Å². The molecule has 4 heteroatoms. The molecule has 0 aliphatic carbocycles. The first kappa shape index (κ1) is 11.3. The molecule has 0 spiro atoms. The first-order chi connectivity index (χ1) is 7.74. The fourth-order valence-corrected chi connectivity index (χ4v) is 2.30. The molecule has 0 bridgehead atoms. The van der Waals surface area contributed by atoms with Crippen LogP contribution in [0.3, 0.4) is 0 Å². The normalized spacial score (nSPS) is 20.0. The van der Waals surface area contributed by atoms with Crippen LogP contribution in [-0.2, 0) is 0 Å². The number of carbonyl (C=O) groups excluding carboxylic acids is 1. The number of nitrogens with zero attached hydrogens (tertiary/aromatic N) is 1. The van der Waals surface area contributed by atoms with Gasteiger partial charge in [-0.15, -0.1) is 11.8 Å². The predicted molar refractivity (Wildman–Crippen MR) is 66.7 cm³/mol. The van der Waals surface area contributed by atoms with E-state index in [1.165, 1.54) is 10.5 Å². The van der Waals surface area contributed by atoms with Crippen LogP contribution in [0.25, 0.3) is 0 Å². The van der Waals surface area contributed by atoms with E-state index >= 15 is 0 Å². The predicted octanol–water partition coefficient (Wildman–Crippen LogP) is 2.49. The molecule has 1 aliphatic rings. The van der Waals surface area contributed by atoms with Crippen molar-refractivity contribution in [3.63, 3.8) is 0 Å². The van der Waals surface area contributed by atoms with Gasteiger partial charge < -0.3 is 10.2 Å². The molecule has 1 unspecified atom stereocenters. The number of nitrogens with one attached hydrogen (secondary N) is 1. The van der Waals surface area contributed by atoms with Gasteiger partial charge in [-0.25, -0.2) is 4.79 Å². The van der Waals surface area contributed by atoms with Gasteiger partial charge in [-0.2, -0.15) is 0 Å². The Morgan fingerprint density at radius 1 is 1.44 bits per heavy atom. The number of amides is 2. The van der Waals surface area contributed by atoms with E-state index in [2.05, 4.69) is 35.8 Å². The Balaban J connectivity index is 2.11. The van der Waals surface area contributed by atoms with Gasteiger partial charge in [0.25, 0.3) is 0 Å². The quantitative estimate of drug-likeness (QED) is 0.818. The smallest absolute Gasteiger partial charge is 0.318 e. The van der Waals surface area contributed by atoms with Gasteiger partial charge in [0.2, 0.25) is 0 Å². The molecule has 86 valence electrons. The van der Waals surface area contributed by atoms with Crippen molar-refractivity contribution in [2.75, 3.05) is 19.3 Å². The van der Waals surface area contributed by atoms with Crippen molar-refractivity contribution in [1.29, 1.82) is 0 Å². The maximum absolute atomic E-state index is 11.5. The lowest BCUT2D eigenvalue weighted by Crippen LogP contribution is -2.27. The van der Waals surface area contributed by atoms with Crippen LogP contribution in [0, 0.1) is 0 Å². The second-order valence-corrected chi connectivity index (χ2v) is 4.69. The minimum atomic E-state index is 0.0430. The Morgan fingerprint density at radius 2 is 2.12 bits per heavy atom. The number of hydrogen-bond acceptors (Lipinski definition) is 2. The Kier molecular flexibility index (Phi) is 3.39. The summed E-state index contributed by atoms with van der Waals surface area (Å²) in [6.07, 6.45) is 2.06. The molecule has 1 saturated heterocycles. The van der Waals surface area contributed by atoms with Crippen molar-refractivity contribution >= 4 is 17.8 Å². The van der Waals surface area contributed by atoms with Crippen molar-refractivity contribution in [1.82, 2.24) is 10.2 Å². The van der Waals surface area contributed by atoms with E-state index in [9.17, 15) is 4.79 Å². The third-order valence-electron chi connectivity index (χ3n) is 2.89. The molecule has 3 nitrogen and oxygen atoms in total. The van der Waals surface area contributed by atoms with E-state index in [4.69, 9.17) is 0 Å². The summed E-state index contributed by atoms with van der Waals surface area (Å²) >= 11 is 1.73. The van der Waals surface area contributed by atoms with Crippen LogP contribution in [0.1, 0.15) is 18.5 Å². The molecule has 1 heterocycles. The monoisotopic (exact) mass is 236 g/mol. The molecule has 2 amide bonds. The fourth-order valence-electron chi connectivity index (χ4n) is 1.89. The molecule has 0 aromatic heterocycles. The molecule has 1 aromatic rings. The Labute approximate surface area is 100 Å². The third kappa shape index (κ3) is 2.16. The van der Waals surface area contributed by atoms with Gasteiger partial charge in [-0.1, -0.05) is 12.1 Å². The minimum absolute atomic E-state index is 0.0430. The Morgan fingerprint density at radius 3 is 2.62 bits per heavy atom. The molecular formula is C12H16N2OS. The summed E-state index contributed by atoms with van der Waals surface area (Å²) in [6, 6.07) is 8.57. The highest BCUT2D eigenvalue weighted by Crippen LogP contribution is 2.22. The van der Waals surface area contributed by atoms with E-state index in [1.54, 1.807) is 11.8 Å². The van der Waals surface area contributed by atoms with Crippen LogP contribution in [0.4, 0.5) is 4.79 Å². The van der Waals surface area contributed by atoms with Gasteiger partial charge >= 0.3 is 6.03 Å². The second-order valence-electron chi connectivity index (χ2n) is 3.81. The summed E-state index contributed by atoms with van der Waals surface area (Å²) in [5.74, 6) is 0. The highest BCUT2D eigenvalue weighted by Gasteiger charge is 2.28. The maximum Gasteiger partial charge on any atom is 0.318 e. The van der Waals surface area contributed by atoms with Gasteiger partial charge in [0, 0.05) is 18.0 Å². The molecule has 16 heavy (non-hydrogen) atoms. The zero-order chi connectivity index (χ0) is 11.5. The highest BCUT2D eigenvalue weighted by atomic mass is 32.2. The first-order valence-electron chi connectivity index (χ1n) is 5.44. The van der Waals surface area contributed by atoms with E-state index in [-0.39, 0.29) is 12.1 Å². The highest BCUT2D eigenvalue weighted by molar-refractivity contribution is 7.98. The molecule has 1 N–H and O–H groups in total. The summed E-state index contributed by atoms with van der Waals surface area (Å²) in [6.45, 7) is 3.54. The molecule has 1 aliphatic heterocycles. The average molecular weight is 236 g/mol. The molecule has 0 saturated carbocycles. The number of benzene rings is 1. The first-order valence-corrected chi connectivity index (χ1v) is 6.66. The number of likely N-dealkylation sites (N-methyl/N-ethyl adjacent to an activating group) is 1. The van der Waals surface area contributed by atoms with Crippen LogP contribution in [-0.4, -0.2) is 30.3 Å². The van der Waals surface area contributed by atoms with Crippen molar-refractivity contribution in [2.45, 2.75) is 17.9 Å². The summed E-state index contributed by atoms with van der Waals surface area (Å²) in [4.78, 5) is 14.6. The average Bonchev–Trinajstić information content (AvgIpc) is 2.71. The van der Waals surface area contributed by atoms with E-state index < -0.39 is 0 Å². The lowest BCUT2D eigenvalue weighted by atomic mass is 10.1. The van der Waals surface area contributed by atoms with Gasteiger partial charge in [0.15, 0.2) is 0 Å². The summed E-state index contributed by atoms with van der Waals surface area (Å²) < 4.78 is 0. The number of rotatable bonds is 3. The van der Waals surface area contributed by atoms with E-state index in [1.807, 2.05) is 11.8 Å². The second kappa shape index (κ2) is 4.78. The largest absolute Gasteiger partial charge is 0.329 e. The summed E-state index contributed by atoms with van der Waals surface area (Å²) in [5.41, 5.74) is 1.18. The zero-order valence-electron chi connectivity index (χ0n) is 9.56. The molecule has 1 aromatic carbocycles. The van der Waals surface area contributed by atoms with E-state index in [0.29, 0.717) is 0 Å². The third-order valence-corrected chi connectivity index (χ3v) is 3.63. The summed E-state index contributed by atoms with van der Waals surface area (Å²) in [7, 11) is 0. The van der Waals surface area contributed by atoms with Gasteiger partial charge in [-0.05, 0) is 30.9 Å². The lowest BCUT2D eigenvalue weighted by molar-refractivity contribution is 0.219. The number of thioether (sulfide) groups is 1. The van der Waals surface area contributed by atoms with Crippen molar-refractivity contribution in [3.8, 4) is 0 Å². The van der Waals surface area contributed by atoms with Crippen LogP contribution >= 0.6 is 11.8 Å². The van der Waals surface area contributed by atoms with E-state index in [0.717, 1.165) is 13.1 Å². The standard InChI is InChI=1S/C12H16N2OS/c1-3-14-8-11(13-12(14)15)9-4-6-10(16-2)7-5-9/h4-7,11H,3,8H2,1-2H3,(H,13,15). The van der Waals surface area contributed by atoms with Crippen LogP contribution in [0.15, 0.2) is 29.2 Å². The van der Waals surface area contributed by atoms with Gasteiger partial charge in [-0.3, -0.25) is 0 Å². The lowest BCUT2D eigenvalue weighted by Gasteiger charge is -2.11. The van der Waals surface area contributed by atoms with Crippen LogP contribution < -0.4 is 5.32 Å². The molecule has 2 rings (SSSR count). The Hall–Kier alpha value is -1.16. The summed E-state index contributed by atoms with van der Waals surface area (Å²) in [5, 5.41) is 2.99. The zero-order valence-corrected chi connectivity index (χ0v) is 10.4. The number of hydrogen-bond donors (Lipinski definition) is 1. The minimum Gasteiger partial charge on any atom is -0.329 e. The molecule has 1 atom stereocenters. The topological polar surface area (TPSA) is 32.3 Å². The van der Waals surface area contributed by atoms with Crippen LogP contribution in [0.2, 0.25) is 0 Å². The van der Waals surface area contributed by atoms with Gasteiger partial charge in [0.05, 0.1) is 6.04 Å². The molecular weight excluding hydrogens is 220 g/mol. The molecule has 1 fully saturated rings. The van der Waals surface area contributed by atoms with Crippen molar-refractivity contribution < 1.29 is 4.79 Å². The number of urea groups is 1. The Bertz CT molecular complexity index is 377. The molecule has 0 radical (unpaired) electrons. The van der Waals surface area contributed by atoms with Crippen LogP contribution in [0.5, 0.6) is 0 Å².